The zero-order chi connectivity index (χ0) is 20.8. The fraction of sp³-hybridized carbons (Fsp3) is 1.00. The summed E-state index contributed by atoms with van der Waals surface area (Å²) in [5, 5.41) is 11.7. The molecule has 0 aromatic rings. The van der Waals surface area contributed by atoms with Gasteiger partial charge in [0.15, 0.2) is 11.6 Å². The molecule has 0 amide bonds. The first-order chi connectivity index (χ1) is 14.3. The summed E-state index contributed by atoms with van der Waals surface area (Å²) in [4.78, 5) is 0. The molecule has 4 aliphatic carbocycles. The predicted octanol–water partition coefficient (Wildman–Crippen LogP) is 4.12. The van der Waals surface area contributed by atoms with Gasteiger partial charge in [0.05, 0.1) is 32.5 Å². The molecule has 30 heavy (non-hydrogen) atoms. The van der Waals surface area contributed by atoms with Crippen molar-refractivity contribution in [1.82, 2.24) is 0 Å². The van der Waals surface area contributed by atoms with Crippen LogP contribution in [0.2, 0.25) is 0 Å². The maximum Gasteiger partial charge on any atom is 0.169 e. The van der Waals surface area contributed by atoms with E-state index < -0.39 is 5.79 Å². The van der Waals surface area contributed by atoms with Gasteiger partial charge in [-0.1, -0.05) is 13.8 Å². The molecule has 6 rings (SSSR count). The van der Waals surface area contributed by atoms with E-state index in [2.05, 4.69) is 20.8 Å². The standard InChI is InChI=1S/C25H40O5/c1-22-8-9-25(29-12-13-30-25)14-16(22)4-5-17-18-6-7-20(24(3)27-10-11-28-24)23(18,2)15-19(26)21(17)22/h16-21,26H,4-15H2,1-3H3/t16-,17+,18+,19+,20+,21-,22-,23-/m0/s1. The van der Waals surface area contributed by atoms with E-state index >= 15 is 0 Å². The molecule has 1 spiro atoms. The Morgan fingerprint density at radius 3 is 2.17 bits per heavy atom. The Morgan fingerprint density at radius 1 is 0.733 bits per heavy atom. The van der Waals surface area contributed by atoms with Crippen molar-refractivity contribution in [2.45, 2.75) is 89.8 Å². The zero-order valence-corrected chi connectivity index (χ0v) is 19.0. The summed E-state index contributed by atoms with van der Waals surface area (Å²) in [7, 11) is 0. The second-order valence-electron chi connectivity index (χ2n) is 12.0. The van der Waals surface area contributed by atoms with Crippen molar-refractivity contribution in [3.05, 3.63) is 0 Å². The molecule has 0 aromatic heterocycles. The summed E-state index contributed by atoms with van der Waals surface area (Å²) in [6.45, 7) is 9.96. The molecular weight excluding hydrogens is 380 g/mol. The second-order valence-corrected chi connectivity index (χ2v) is 12.0. The summed E-state index contributed by atoms with van der Waals surface area (Å²) < 4.78 is 24.5. The van der Waals surface area contributed by atoms with Gasteiger partial charge >= 0.3 is 0 Å². The molecule has 0 radical (unpaired) electrons. The lowest BCUT2D eigenvalue weighted by Gasteiger charge is -2.63. The van der Waals surface area contributed by atoms with Crippen molar-refractivity contribution in [3.63, 3.8) is 0 Å². The number of ether oxygens (including phenoxy) is 4. The SMILES string of the molecule is CC1([C@@H]2CC[C@@H]3[C@H]4CC[C@H]5CC6(CC[C@]5(C)[C@@H]4[C@H](O)C[C@@]32C)OCCO6)OCCO1. The molecule has 5 heteroatoms. The van der Waals surface area contributed by atoms with Crippen molar-refractivity contribution in [1.29, 1.82) is 0 Å². The summed E-state index contributed by atoms with van der Waals surface area (Å²) >= 11 is 0. The summed E-state index contributed by atoms with van der Waals surface area (Å²) in [5.74, 6) is 1.89. The minimum Gasteiger partial charge on any atom is -0.393 e. The predicted molar refractivity (Wildman–Crippen MR) is 112 cm³/mol. The Labute approximate surface area is 181 Å². The number of hydrogen-bond donors (Lipinski definition) is 1. The van der Waals surface area contributed by atoms with Gasteiger partial charge in [-0.05, 0) is 80.0 Å². The van der Waals surface area contributed by atoms with Crippen molar-refractivity contribution < 1.29 is 24.1 Å². The number of rotatable bonds is 1. The smallest absolute Gasteiger partial charge is 0.169 e. The average molecular weight is 421 g/mol. The van der Waals surface area contributed by atoms with Crippen LogP contribution < -0.4 is 0 Å². The molecule has 6 aliphatic rings. The van der Waals surface area contributed by atoms with Crippen LogP contribution in [0.15, 0.2) is 0 Å². The first-order valence-electron chi connectivity index (χ1n) is 12.5. The highest BCUT2D eigenvalue weighted by Gasteiger charge is 2.67. The van der Waals surface area contributed by atoms with E-state index in [4.69, 9.17) is 18.9 Å². The average Bonchev–Trinajstić information content (AvgIpc) is 3.41. The lowest BCUT2D eigenvalue weighted by Crippen LogP contribution is -2.61. The molecule has 170 valence electrons. The lowest BCUT2D eigenvalue weighted by molar-refractivity contribution is -0.254. The Balaban J connectivity index is 1.28. The first kappa shape index (κ1) is 20.4. The normalized spacial score (nSPS) is 54.0. The fourth-order valence-electron chi connectivity index (χ4n) is 9.67. The van der Waals surface area contributed by atoms with Gasteiger partial charge in [0.2, 0.25) is 0 Å². The molecule has 6 fully saturated rings. The van der Waals surface area contributed by atoms with Crippen LogP contribution in [-0.2, 0) is 18.9 Å². The number of aliphatic hydroxyl groups excluding tert-OH is 1. The molecule has 1 N–H and O–H groups in total. The Hall–Kier alpha value is -0.200. The number of aliphatic hydroxyl groups is 1. The largest absolute Gasteiger partial charge is 0.393 e. The topological polar surface area (TPSA) is 57.2 Å². The van der Waals surface area contributed by atoms with Gasteiger partial charge in [0.25, 0.3) is 0 Å². The molecule has 0 bridgehead atoms. The van der Waals surface area contributed by atoms with E-state index in [1.807, 2.05) is 0 Å². The van der Waals surface area contributed by atoms with Crippen LogP contribution in [0.5, 0.6) is 0 Å². The fourth-order valence-corrected chi connectivity index (χ4v) is 9.67. The zero-order valence-electron chi connectivity index (χ0n) is 19.0. The minimum atomic E-state index is -0.467. The third kappa shape index (κ3) is 2.65. The second kappa shape index (κ2) is 6.66. The lowest BCUT2D eigenvalue weighted by atomic mass is 9.43. The van der Waals surface area contributed by atoms with Crippen molar-refractivity contribution in [3.8, 4) is 0 Å². The van der Waals surface area contributed by atoms with Crippen LogP contribution in [0, 0.1) is 40.4 Å². The Morgan fingerprint density at radius 2 is 1.43 bits per heavy atom. The summed E-state index contributed by atoms with van der Waals surface area (Å²) in [6, 6.07) is 0. The maximum atomic E-state index is 11.7. The molecule has 4 saturated carbocycles. The maximum absolute atomic E-state index is 11.7. The minimum absolute atomic E-state index is 0.108. The van der Waals surface area contributed by atoms with Gasteiger partial charge < -0.3 is 24.1 Å². The number of hydrogen-bond acceptors (Lipinski definition) is 5. The van der Waals surface area contributed by atoms with Gasteiger partial charge in [-0.3, -0.25) is 0 Å². The quantitative estimate of drug-likeness (QED) is 0.691. The first-order valence-corrected chi connectivity index (χ1v) is 12.5. The van der Waals surface area contributed by atoms with E-state index in [9.17, 15) is 5.11 Å². The monoisotopic (exact) mass is 420 g/mol. The highest BCUT2D eigenvalue weighted by molar-refractivity contribution is 5.14. The van der Waals surface area contributed by atoms with Gasteiger partial charge in [-0.15, -0.1) is 0 Å². The van der Waals surface area contributed by atoms with Gasteiger partial charge in [-0.2, -0.15) is 0 Å². The molecule has 8 atom stereocenters. The van der Waals surface area contributed by atoms with E-state index in [1.54, 1.807) is 0 Å². The third-order valence-electron chi connectivity index (χ3n) is 10.9. The summed E-state index contributed by atoms with van der Waals surface area (Å²) in [5.41, 5.74) is 0.309. The highest BCUT2D eigenvalue weighted by Crippen LogP contribution is 2.69. The van der Waals surface area contributed by atoms with Gasteiger partial charge in [0.1, 0.15) is 0 Å². The van der Waals surface area contributed by atoms with E-state index in [-0.39, 0.29) is 22.7 Å². The van der Waals surface area contributed by atoms with Gasteiger partial charge in [0, 0.05) is 18.8 Å². The molecule has 0 aromatic carbocycles. The molecule has 2 saturated heterocycles. The van der Waals surface area contributed by atoms with Crippen LogP contribution in [0.4, 0.5) is 0 Å². The summed E-state index contributed by atoms with van der Waals surface area (Å²) in [6.07, 6.45) is 8.70. The van der Waals surface area contributed by atoms with Gasteiger partial charge in [-0.25, -0.2) is 0 Å². The molecular formula is C25H40O5. The molecule has 0 unspecified atom stereocenters. The van der Waals surface area contributed by atoms with E-state index in [0.717, 1.165) is 38.9 Å². The van der Waals surface area contributed by atoms with E-state index in [0.29, 0.717) is 42.8 Å². The number of fused-ring (bicyclic) bond motifs is 5. The van der Waals surface area contributed by atoms with Crippen LogP contribution in [0.25, 0.3) is 0 Å². The van der Waals surface area contributed by atoms with Crippen molar-refractivity contribution >= 4 is 0 Å². The van der Waals surface area contributed by atoms with Crippen LogP contribution in [0.3, 0.4) is 0 Å². The molecule has 2 heterocycles. The Bertz CT molecular complexity index is 683. The van der Waals surface area contributed by atoms with Crippen LogP contribution >= 0.6 is 0 Å². The highest BCUT2D eigenvalue weighted by atomic mass is 16.7. The van der Waals surface area contributed by atoms with E-state index in [1.165, 1.54) is 25.7 Å². The van der Waals surface area contributed by atoms with Crippen LogP contribution in [0.1, 0.15) is 72.1 Å². The Kier molecular flexibility index (Phi) is 4.53. The van der Waals surface area contributed by atoms with Crippen molar-refractivity contribution in [2.75, 3.05) is 26.4 Å². The third-order valence-corrected chi connectivity index (χ3v) is 10.9. The molecule has 5 nitrogen and oxygen atoms in total. The van der Waals surface area contributed by atoms with Crippen molar-refractivity contribution in [2.24, 2.45) is 40.4 Å². The van der Waals surface area contributed by atoms with Crippen LogP contribution in [-0.4, -0.2) is 49.2 Å². The molecule has 2 aliphatic heterocycles.